The Kier molecular flexibility index (Phi) is 8.48. The number of benzene rings is 3. The average molecular weight is 443 g/mol. The summed E-state index contributed by atoms with van der Waals surface area (Å²) < 4.78 is 18.3. The summed E-state index contributed by atoms with van der Waals surface area (Å²) in [4.78, 5) is 24.2. The molecule has 168 valence electrons. The second-order valence-corrected chi connectivity index (χ2v) is 7.93. The molecule has 0 saturated heterocycles. The molecule has 0 amide bonds. The predicted molar refractivity (Wildman–Crippen MR) is 131 cm³/mol. The normalized spacial score (nSPS) is 10.8. The molecule has 0 bridgehead atoms. The monoisotopic (exact) mass is 442 g/mol. The molecule has 0 N–H and O–H groups in total. The van der Waals surface area contributed by atoms with Gasteiger partial charge in [0, 0.05) is 12.0 Å². The van der Waals surface area contributed by atoms with Crippen molar-refractivity contribution < 1.29 is 18.7 Å². The molecular weight excluding hydrogens is 415 g/mol. The van der Waals surface area contributed by atoms with Gasteiger partial charge < -0.3 is 4.74 Å². The molecule has 4 heteroatoms. The van der Waals surface area contributed by atoms with Crippen LogP contribution in [0.15, 0.2) is 85.5 Å². The second-order valence-electron chi connectivity index (χ2n) is 7.93. The molecular formula is C29H27FO3. The molecule has 0 heterocycles. The maximum atomic E-state index is 13.0. The van der Waals surface area contributed by atoms with E-state index in [1.165, 1.54) is 35.9 Å². The third kappa shape index (κ3) is 7.69. The lowest BCUT2D eigenvalue weighted by atomic mass is 10.0. The maximum absolute atomic E-state index is 13.0. The van der Waals surface area contributed by atoms with E-state index in [2.05, 4.69) is 30.8 Å². The zero-order valence-corrected chi connectivity index (χ0v) is 18.7. The summed E-state index contributed by atoms with van der Waals surface area (Å²) in [6.07, 6.45) is 6.04. The summed E-state index contributed by atoms with van der Waals surface area (Å²) in [7, 11) is 0. The van der Waals surface area contributed by atoms with Crippen LogP contribution in [0.25, 0.3) is 11.6 Å². The molecule has 0 saturated carbocycles. The van der Waals surface area contributed by atoms with E-state index < -0.39 is 0 Å². The first-order valence-electron chi connectivity index (χ1n) is 10.9. The van der Waals surface area contributed by atoms with E-state index in [9.17, 15) is 14.0 Å². The summed E-state index contributed by atoms with van der Waals surface area (Å²) in [6, 6.07) is 20.7. The molecule has 0 aliphatic carbocycles. The molecule has 3 rings (SSSR count). The van der Waals surface area contributed by atoms with Crippen LogP contribution in [0.1, 0.15) is 53.2 Å². The number of halogens is 1. The number of allylic oxidation sites excluding steroid dienone is 2. The van der Waals surface area contributed by atoms with E-state index in [4.69, 9.17) is 4.74 Å². The third-order valence-corrected chi connectivity index (χ3v) is 5.21. The van der Waals surface area contributed by atoms with Crippen molar-refractivity contribution in [2.75, 3.05) is 0 Å². The van der Waals surface area contributed by atoms with Crippen molar-refractivity contribution in [1.29, 1.82) is 0 Å². The fourth-order valence-corrected chi connectivity index (χ4v) is 3.27. The number of carbonyl (C=O) groups is 2. The minimum atomic E-state index is -0.380. The van der Waals surface area contributed by atoms with Gasteiger partial charge in [-0.05, 0) is 85.4 Å². The fourth-order valence-electron chi connectivity index (χ4n) is 3.27. The molecule has 0 atom stereocenters. The highest BCUT2D eigenvalue weighted by molar-refractivity contribution is 6.06. The summed E-state index contributed by atoms with van der Waals surface area (Å²) in [5.74, 6) is -0.383. The van der Waals surface area contributed by atoms with Crippen molar-refractivity contribution in [3.8, 4) is 5.75 Å². The second kappa shape index (κ2) is 11.7. The van der Waals surface area contributed by atoms with Gasteiger partial charge in [0.25, 0.3) is 0 Å². The zero-order chi connectivity index (χ0) is 23.6. The van der Waals surface area contributed by atoms with Gasteiger partial charge in [-0.15, -0.1) is 0 Å². The van der Waals surface area contributed by atoms with Crippen molar-refractivity contribution in [2.45, 2.75) is 32.6 Å². The summed E-state index contributed by atoms with van der Waals surface area (Å²) in [6.45, 7) is 5.93. The Morgan fingerprint density at radius 2 is 1.52 bits per heavy atom. The first kappa shape index (κ1) is 23.9. The van der Waals surface area contributed by atoms with Crippen LogP contribution in [0.4, 0.5) is 4.39 Å². The highest BCUT2D eigenvalue weighted by Gasteiger charge is 2.06. The Hall–Kier alpha value is -3.79. The summed E-state index contributed by atoms with van der Waals surface area (Å²) in [5.41, 5.74) is 4.65. The van der Waals surface area contributed by atoms with E-state index >= 15 is 0 Å². The molecule has 3 aromatic carbocycles. The number of esters is 1. The van der Waals surface area contributed by atoms with Crippen LogP contribution in [0.5, 0.6) is 5.75 Å². The molecule has 3 nitrogen and oxygen atoms in total. The average Bonchev–Trinajstić information content (AvgIpc) is 2.82. The number of aryl methyl sites for hydroxylation is 1. The highest BCUT2D eigenvalue weighted by Crippen LogP contribution is 2.17. The van der Waals surface area contributed by atoms with Gasteiger partial charge in [0.2, 0.25) is 0 Å². The molecule has 3 aromatic rings. The number of ketones is 1. The van der Waals surface area contributed by atoms with Crippen LogP contribution < -0.4 is 4.74 Å². The van der Waals surface area contributed by atoms with Crippen molar-refractivity contribution in [3.63, 3.8) is 0 Å². The number of ether oxygens (including phenoxy) is 1. The van der Waals surface area contributed by atoms with Gasteiger partial charge in [-0.2, -0.15) is 0 Å². The topological polar surface area (TPSA) is 43.4 Å². The molecule has 0 spiro atoms. The number of hydrogen-bond acceptors (Lipinski definition) is 3. The lowest BCUT2D eigenvalue weighted by molar-refractivity contribution is -0.134. The van der Waals surface area contributed by atoms with Crippen molar-refractivity contribution in [3.05, 3.63) is 114 Å². The number of carbonyl (C=O) groups excluding carboxylic acids is 2. The Labute approximate surface area is 194 Å². The van der Waals surface area contributed by atoms with Crippen LogP contribution in [-0.4, -0.2) is 11.8 Å². The van der Waals surface area contributed by atoms with Gasteiger partial charge in [0.15, 0.2) is 5.78 Å². The van der Waals surface area contributed by atoms with Gasteiger partial charge in [-0.3, -0.25) is 9.59 Å². The first-order chi connectivity index (χ1) is 15.9. The zero-order valence-electron chi connectivity index (χ0n) is 18.7. The van der Waals surface area contributed by atoms with Crippen molar-refractivity contribution >= 4 is 23.4 Å². The molecule has 0 radical (unpaired) electrons. The molecule has 0 unspecified atom stereocenters. The lowest BCUT2D eigenvalue weighted by Crippen LogP contribution is -2.07. The number of unbranched alkanes of at least 4 members (excludes halogenated alkanes) is 1. The Morgan fingerprint density at radius 3 is 2.15 bits per heavy atom. The molecule has 33 heavy (non-hydrogen) atoms. The van der Waals surface area contributed by atoms with Gasteiger partial charge in [-0.1, -0.05) is 54.6 Å². The highest BCUT2D eigenvalue weighted by atomic mass is 19.1. The van der Waals surface area contributed by atoms with Crippen LogP contribution >= 0.6 is 0 Å². The van der Waals surface area contributed by atoms with E-state index in [0.717, 1.165) is 36.0 Å². The summed E-state index contributed by atoms with van der Waals surface area (Å²) >= 11 is 0. The van der Waals surface area contributed by atoms with E-state index in [1.807, 2.05) is 6.92 Å². The quantitative estimate of drug-likeness (QED) is 0.111. The molecule has 0 fully saturated rings. The SMILES string of the molecule is C=C(C)c1ccc(CCCCC(=O)Oc2ccc(C=CC(=O)c3ccc(F)cc3)cc2)cc1. The van der Waals surface area contributed by atoms with Crippen molar-refractivity contribution in [1.82, 2.24) is 0 Å². The van der Waals surface area contributed by atoms with Gasteiger partial charge in [0.05, 0.1) is 0 Å². The van der Waals surface area contributed by atoms with Crippen LogP contribution in [-0.2, 0) is 11.2 Å². The molecule has 0 aliphatic rings. The minimum absolute atomic E-state index is 0.211. The Bertz CT molecular complexity index is 1120. The van der Waals surface area contributed by atoms with Crippen LogP contribution in [0.2, 0.25) is 0 Å². The van der Waals surface area contributed by atoms with E-state index in [1.54, 1.807) is 30.3 Å². The largest absolute Gasteiger partial charge is 0.427 e. The Balaban J connectivity index is 1.40. The standard InChI is InChI=1S/C29H27FO3/c1-21(2)24-12-7-22(8-13-24)5-3-4-6-29(32)33-27-18-9-23(10-19-27)11-20-28(31)25-14-16-26(30)17-15-25/h7-20H,1,3-6H2,2H3. The van der Waals surface area contributed by atoms with Gasteiger partial charge in [0.1, 0.15) is 11.6 Å². The van der Waals surface area contributed by atoms with Crippen LogP contribution in [0.3, 0.4) is 0 Å². The predicted octanol–water partition coefficient (Wildman–Crippen LogP) is 7.07. The maximum Gasteiger partial charge on any atom is 0.311 e. The number of hydrogen-bond donors (Lipinski definition) is 0. The van der Waals surface area contributed by atoms with Gasteiger partial charge >= 0.3 is 5.97 Å². The lowest BCUT2D eigenvalue weighted by Gasteiger charge is -2.06. The Morgan fingerprint density at radius 1 is 0.879 bits per heavy atom. The van der Waals surface area contributed by atoms with Crippen LogP contribution in [0, 0.1) is 5.82 Å². The third-order valence-electron chi connectivity index (χ3n) is 5.21. The fraction of sp³-hybridized carbons (Fsp3) is 0.172. The first-order valence-corrected chi connectivity index (χ1v) is 10.9. The minimum Gasteiger partial charge on any atom is -0.427 e. The number of rotatable bonds is 10. The van der Waals surface area contributed by atoms with Gasteiger partial charge in [-0.25, -0.2) is 4.39 Å². The smallest absolute Gasteiger partial charge is 0.311 e. The summed E-state index contributed by atoms with van der Waals surface area (Å²) in [5, 5.41) is 0. The molecule has 0 aromatic heterocycles. The van der Waals surface area contributed by atoms with E-state index in [-0.39, 0.29) is 17.6 Å². The van der Waals surface area contributed by atoms with Crippen molar-refractivity contribution in [2.24, 2.45) is 0 Å². The van der Waals surface area contributed by atoms with E-state index in [0.29, 0.717) is 17.7 Å². The molecule has 0 aliphatic heterocycles.